The Morgan fingerprint density at radius 2 is 2.05 bits per heavy atom. The Labute approximate surface area is 121 Å². The highest BCUT2D eigenvalue weighted by atomic mass is 35.5. The van der Waals surface area contributed by atoms with Crippen LogP contribution in [0.15, 0.2) is 6.07 Å². The molecule has 2 heterocycles. The van der Waals surface area contributed by atoms with Gasteiger partial charge in [0, 0.05) is 25.5 Å². The van der Waals surface area contributed by atoms with Crippen LogP contribution < -0.4 is 5.32 Å². The number of aromatic nitrogens is 2. The molecule has 2 fully saturated rings. The number of carbonyl (C=O) groups excluding carboxylic acids is 2. The zero-order chi connectivity index (χ0) is 14.3. The highest BCUT2D eigenvalue weighted by Crippen LogP contribution is 2.38. The summed E-state index contributed by atoms with van der Waals surface area (Å²) in [6, 6.07) is 1.17. The number of amides is 2. The lowest BCUT2D eigenvalue weighted by Gasteiger charge is -2.28. The maximum atomic E-state index is 12.0. The van der Waals surface area contributed by atoms with Gasteiger partial charge in [0.25, 0.3) is 5.91 Å². The van der Waals surface area contributed by atoms with Crippen molar-refractivity contribution in [2.24, 2.45) is 0 Å². The first-order valence-electron chi connectivity index (χ1n) is 6.66. The standard InChI is InChI=1S/C13H15ClN4O2/c1-18-11(19)5-4-8(13(18)20)15-10-6-9(14)16-12(17-10)7-2-3-7/h6-8H,2-5H2,1H3,(H,15,16,17). The van der Waals surface area contributed by atoms with Gasteiger partial charge in [0.05, 0.1) is 0 Å². The summed E-state index contributed by atoms with van der Waals surface area (Å²) in [7, 11) is 1.50. The van der Waals surface area contributed by atoms with Gasteiger partial charge in [0.1, 0.15) is 22.8 Å². The molecule has 1 N–H and O–H groups in total. The second-order valence-electron chi connectivity index (χ2n) is 5.23. The van der Waals surface area contributed by atoms with Crippen LogP contribution in [0.1, 0.15) is 37.4 Å². The molecule has 0 spiro atoms. The van der Waals surface area contributed by atoms with E-state index in [0.29, 0.717) is 29.7 Å². The van der Waals surface area contributed by atoms with Crippen molar-refractivity contribution >= 4 is 29.2 Å². The normalized spacial score (nSPS) is 23.1. The third-order valence-electron chi connectivity index (χ3n) is 3.63. The van der Waals surface area contributed by atoms with Crippen molar-refractivity contribution in [2.45, 2.75) is 37.6 Å². The van der Waals surface area contributed by atoms with E-state index in [1.165, 1.54) is 7.05 Å². The average Bonchev–Trinajstić information content (AvgIpc) is 3.23. The number of hydrogen-bond donors (Lipinski definition) is 1. The molecule has 3 rings (SSSR count). The van der Waals surface area contributed by atoms with Crippen molar-refractivity contribution in [1.82, 2.24) is 14.9 Å². The Bertz CT molecular complexity index is 573. The molecule has 1 aliphatic carbocycles. The van der Waals surface area contributed by atoms with Crippen LogP contribution in [0.5, 0.6) is 0 Å². The van der Waals surface area contributed by atoms with Crippen LogP contribution in [0.4, 0.5) is 5.82 Å². The second kappa shape index (κ2) is 5.01. The summed E-state index contributed by atoms with van der Waals surface area (Å²) in [5.74, 6) is 1.29. The molecule has 2 amide bonds. The number of halogens is 1. The Hall–Kier alpha value is -1.69. The van der Waals surface area contributed by atoms with Gasteiger partial charge >= 0.3 is 0 Å². The monoisotopic (exact) mass is 294 g/mol. The van der Waals surface area contributed by atoms with Crippen molar-refractivity contribution in [1.29, 1.82) is 0 Å². The van der Waals surface area contributed by atoms with Gasteiger partial charge in [-0.3, -0.25) is 14.5 Å². The predicted octanol–water partition coefficient (Wildman–Crippen LogP) is 1.57. The molecule has 0 aromatic carbocycles. The van der Waals surface area contributed by atoms with Crippen molar-refractivity contribution in [2.75, 3.05) is 12.4 Å². The van der Waals surface area contributed by atoms with Gasteiger partial charge in [-0.15, -0.1) is 0 Å². The van der Waals surface area contributed by atoms with E-state index >= 15 is 0 Å². The zero-order valence-corrected chi connectivity index (χ0v) is 11.9. The van der Waals surface area contributed by atoms with Crippen molar-refractivity contribution in [3.8, 4) is 0 Å². The van der Waals surface area contributed by atoms with Crippen LogP contribution in [-0.2, 0) is 9.59 Å². The summed E-state index contributed by atoms with van der Waals surface area (Å²) >= 11 is 5.99. The quantitative estimate of drug-likeness (QED) is 0.676. The van der Waals surface area contributed by atoms with Gasteiger partial charge in [-0.1, -0.05) is 11.6 Å². The summed E-state index contributed by atoms with van der Waals surface area (Å²) in [5.41, 5.74) is 0. The number of rotatable bonds is 3. The molecule has 1 aromatic heterocycles. The van der Waals surface area contributed by atoms with Gasteiger partial charge in [0.2, 0.25) is 5.91 Å². The van der Waals surface area contributed by atoms with Crippen molar-refractivity contribution in [3.05, 3.63) is 17.0 Å². The first-order chi connectivity index (χ1) is 9.54. The summed E-state index contributed by atoms with van der Waals surface area (Å²) in [6.07, 6.45) is 3.00. The molecule has 6 nitrogen and oxygen atoms in total. The van der Waals surface area contributed by atoms with E-state index < -0.39 is 6.04 Å². The molecule has 7 heteroatoms. The predicted molar refractivity (Wildman–Crippen MR) is 73.4 cm³/mol. The van der Waals surface area contributed by atoms with Gasteiger partial charge in [-0.25, -0.2) is 9.97 Å². The molecule has 1 aliphatic heterocycles. The number of anilines is 1. The second-order valence-corrected chi connectivity index (χ2v) is 5.62. The molecule has 20 heavy (non-hydrogen) atoms. The van der Waals surface area contributed by atoms with Crippen LogP contribution >= 0.6 is 11.6 Å². The van der Waals surface area contributed by atoms with Crippen LogP contribution in [0.2, 0.25) is 5.15 Å². The van der Waals surface area contributed by atoms with E-state index in [4.69, 9.17) is 11.6 Å². The van der Waals surface area contributed by atoms with E-state index in [1.807, 2.05) is 0 Å². The van der Waals surface area contributed by atoms with Gasteiger partial charge in [-0.2, -0.15) is 0 Å². The highest BCUT2D eigenvalue weighted by molar-refractivity contribution is 6.29. The van der Waals surface area contributed by atoms with Gasteiger partial charge < -0.3 is 5.32 Å². The molecule has 0 bridgehead atoms. The van der Waals surface area contributed by atoms with Gasteiger partial charge in [-0.05, 0) is 19.3 Å². The van der Waals surface area contributed by atoms with E-state index in [-0.39, 0.29) is 11.8 Å². The summed E-state index contributed by atoms with van der Waals surface area (Å²) < 4.78 is 0. The Kier molecular flexibility index (Phi) is 3.33. The molecule has 1 unspecified atom stereocenters. The molecule has 1 saturated carbocycles. The van der Waals surface area contributed by atoms with E-state index in [9.17, 15) is 9.59 Å². The van der Waals surface area contributed by atoms with E-state index in [1.54, 1.807) is 6.07 Å². The van der Waals surface area contributed by atoms with Crippen LogP contribution in [0, 0.1) is 0 Å². The number of piperidine rings is 1. The maximum Gasteiger partial charge on any atom is 0.251 e. The first kappa shape index (κ1) is 13.3. The molecule has 1 aromatic rings. The van der Waals surface area contributed by atoms with Crippen LogP contribution in [0.25, 0.3) is 0 Å². The third kappa shape index (κ3) is 2.60. The van der Waals surface area contributed by atoms with Gasteiger partial charge in [0.15, 0.2) is 0 Å². The fourth-order valence-electron chi connectivity index (χ4n) is 2.26. The SMILES string of the molecule is CN1C(=O)CCC(Nc2cc(Cl)nc(C3CC3)n2)C1=O. The maximum absolute atomic E-state index is 12.0. The minimum absolute atomic E-state index is 0.146. The number of carbonyl (C=O) groups is 2. The Morgan fingerprint density at radius 1 is 1.30 bits per heavy atom. The summed E-state index contributed by atoms with van der Waals surface area (Å²) in [5, 5.41) is 3.44. The molecule has 1 atom stereocenters. The molecule has 1 saturated heterocycles. The minimum atomic E-state index is -0.435. The molecule has 106 valence electrons. The summed E-state index contributed by atoms with van der Waals surface area (Å²) in [4.78, 5) is 33.2. The molecule has 2 aliphatic rings. The number of nitrogens with zero attached hydrogens (tertiary/aromatic N) is 3. The lowest BCUT2D eigenvalue weighted by atomic mass is 10.0. The minimum Gasteiger partial charge on any atom is -0.358 e. The average molecular weight is 295 g/mol. The largest absolute Gasteiger partial charge is 0.358 e. The lowest BCUT2D eigenvalue weighted by molar-refractivity contribution is -0.146. The number of hydrogen-bond acceptors (Lipinski definition) is 5. The number of likely N-dealkylation sites (N-methyl/N-ethyl adjacent to an activating group) is 1. The van der Waals surface area contributed by atoms with E-state index in [2.05, 4.69) is 15.3 Å². The highest BCUT2D eigenvalue weighted by Gasteiger charge is 2.32. The van der Waals surface area contributed by atoms with Crippen molar-refractivity contribution < 1.29 is 9.59 Å². The first-order valence-corrected chi connectivity index (χ1v) is 7.04. The Balaban J connectivity index is 1.77. The third-order valence-corrected chi connectivity index (χ3v) is 3.82. The lowest BCUT2D eigenvalue weighted by Crippen LogP contribution is -2.48. The summed E-state index contributed by atoms with van der Waals surface area (Å²) in [6.45, 7) is 0. The number of imide groups is 1. The molecule has 0 radical (unpaired) electrons. The fourth-order valence-corrected chi connectivity index (χ4v) is 2.45. The number of nitrogens with one attached hydrogen (secondary N) is 1. The van der Waals surface area contributed by atoms with Crippen LogP contribution in [-0.4, -0.2) is 39.8 Å². The Morgan fingerprint density at radius 3 is 2.75 bits per heavy atom. The zero-order valence-electron chi connectivity index (χ0n) is 11.1. The molecular formula is C13H15ClN4O2. The smallest absolute Gasteiger partial charge is 0.251 e. The molecular weight excluding hydrogens is 280 g/mol. The van der Waals surface area contributed by atoms with E-state index in [0.717, 1.165) is 23.6 Å². The van der Waals surface area contributed by atoms with Crippen LogP contribution in [0.3, 0.4) is 0 Å². The van der Waals surface area contributed by atoms with Crippen molar-refractivity contribution in [3.63, 3.8) is 0 Å². The fraction of sp³-hybridized carbons (Fsp3) is 0.538. The topological polar surface area (TPSA) is 75.2 Å². The number of likely N-dealkylation sites (tertiary alicyclic amines) is 1.